The molecule has 3 unspecified atom stereocenters. The molecule has 0 radical (unpaired) electrons. The van der Waals surface area contributed by atoms with Crippen molar-refractivity contribution in [3.63, 3.8) is 0 Å². The third kappa shape index (κ3) is 1.86. The maximum absolute atomic E-state index is 4.64. The maximum Gasteiger partial charge on any atom is 0.145 e. The van der Waals surface area contributed by atoms with Gasteiger partial charge in [0.25, 0.3) is 0 Å². The van der Waals surface area contributed by atoms with Gasteiger partial charge in [-0.1, -0.05) is 20.8 Å². The van der Waals surface area contributed by atoms with Gasteiger partial charge in [0, 0.05) is 6.04 Å². The minimum absolute atomic E-state index is 0.355. The van der Waals surface area contributed by atoms with Gasteiger partial charge in [-0.05, 0) is 49.9 Å². The number of aromatic nitrogens is 2. The second-order valence-electron chi connectivity index (χ2n) is 7.42. The number of anilines is 1. The van der Waals surface area contributed by atoms with Crippen LogP contribution in [0.3, 0.4) is 0 Å². The average Bonchev–Trinajstić information content (AvgIpc) is 2.80. The lowest BCUT2D eigenvalue weighted by atomic mass is 9.68. The molecule has 0 saturated heterocycles. The average molecular weight is 259 g/mol. The van der Waals surface area contributed by atoms with Crippen LogP contribution in [-0.4, -0.2) is 16.0 Å². The summed E-state index contributed by atoms with van der Waals surface area (Å²) in [6, 6.07) is 0.509. The van der Waals surface area contributed by atoms with Crippen molar-refractivity contribution in [2.24, 2.45) is 16.7 Å². The molecule has 3 nitrogen and oxygen atoms in total. The van der Waals surface area contributed by atoms with E-state index in [1.54, 1.807) is 0 Å². The highest BCUT2D eigenvalue weighted by atomic mass is 15.1. The topological polar surface area (TPSA) is 37.8 Å². The molecule has 0 aromatic carbocycles. The zero-order chi connectivity index (χ0) is 13.8. The molecular weight excluding hydrogens is 234 g/mol. The van der Waals surface area contributed by atoms with Crippen molar-refractivity contribution in [1.29, 1.82) is 0 Å². The van der Waals surface area contributed by atoms with E-state index in [1.165, 1.54) is 19.3 Å². The Bertz CT molecular complexity index is 504. The Morgan fingerprint density at radius 1 is 1.21 bits per heavy atom. The van der Waals surface area contributed by atoms with Crippen LogP contribution in [0.1, 0.15) is 51.4 Å². The lowest BCUT2D eigenvalue weighted by Gasteiger charge is -2.43. The predicted molar refractivity (Wildman–Crippen MR) is 78.1 cm³/mol. The van der Waals surface area contributed by atoms with E-state index in [2.05, 4.69) is 36.1 Å². The fourth-order valence-electron chi connectivity index (χ4n) is 4.42. The normalized spacial score (nSPS) is 35.6. The predicted octanol–water partition coefficient (Wildman–Crippen LogP) is 3.72. The minimum atomic E-state index is 0.355. The molecule has 2 aliphatic rings. The Morgan fingerprint density at radius 3 is 2.53 bits per heavy atom. The van der Waals surface area contributed by atoms with Gasteiger partial charge in [0.05, 0.1) is 17.6 Å². The number of aryl methyl sites for hydroxylation is 2. The molecule has 2 saturated carbocycles. The van der Waals surface area contributed by atoms with E-state index < -0.39 is 0 Å². The van der Waals surface area contributed by atoms with Crippen LogP contribution in [0.4, 0.5) is 5.82 Å². The van der Waals surface area contributed by atoms with Crippen LogP contribution >= 0.6 is 0 Å². The molecule has 0 spiro atoms. The summed E-state index contributed by atoms with van der Waals surface area (Å²) >= 11 is 0. The smallest absolute Gasteiger partial charge is 0.145 e. The van der Waals surface area contributed by atoms with Gasteiger partial charge < -0.3 is 5.32 Å². The highest BCUT2D eigenvalue weighted by Gasteiger charge is 2.59. The molecule has 19 heavy (non-hydrogen) atoms. The summed E-state index contributed by atoms with van der Waals surface area (Å²) in [4.78, 5) is 9.07. The van der Waals surface area contributed by atoms with Crippen LogP contribution in [0.25, 0.3) is 0 Å². The highest BCUT2D eigenvalue weighted by Crippen LogP contribution is 2.62. The fraction of sp³-hybridized carbons (Fsp3) is 0.750. The SMILES string of the molecule is Cc1ncc(NC2C3(C)CCC(C3)C2(C)C)nc1C. The van der Waals surface area contributed by atoms with Gasteiger partial charge in [-0.15, -0.1) is 0 Å². The first-order chi connectivity index (χ1) is 8.83. The second-order valence-corrected chi connectivity index (χ2v) is 7.42. The van der Waals surface area contributed by atoms with E-state index in [0.717, 1.165) is 23.1 Å². The van der Waals surface area contributed by atoms with E-state index in [4.69, 9.17) is 0 Å². The van der Waals surface area contributed by atoms with Crippen LogP contribution < -0.4 is 5.32 Å². The van der Waals surface area contributed by atoms with Gasteiger partial charge in [0.1, 0.15) is 5.82 Å². The van der Waals surface area contributed by atoms with Crippen molar-refractivity contribution < 1.29 is 0 Å². The zero-order valence-electron chi connectivity index (χ0n) is 12.7. The van der Waals surface area contributed by atoms with Gasteiger partial charge in [-0.2, -0.15) is 0 Å². The summed E-state index contributed by atoms with van der Waals surface area (Å²) in [5.41, 5.74) is 2.82. The molecule has 0 amide bonds. The first-order valence-corrected chi connectivity index (χ1v) is 7.40. The largest absolute Gasteiger partial charge is 0.365 e. The number of rotatable bonds is 2. The molecule has 0 aliphatic heterocycles. The van der Waals surface area contributed by atoms with Crippen LogP contribution in [0.5, 0.6) is 0 Å². The molecule has 1 heterocycles. The molecular formula is C16H25N3. The van der Waals surface area contributed by atoms with Crippen molar-refractivity contribution in [2.75, 3.05) is 5.32 Å². The Kier molecular flexibility index (Phi) is 2.67. The molecule has 1 aromatic rings. The lowest BCUT2D eigenvalue weighted by molar-refractivity contribution is 0.155. The quantitative estimate of drug-likeness (QED) is 0.879. The molecule has 2 fully saturated rings. The van der Waals surface area contributed by atoms with E-state index in [9.17, 15) is 0 Å². The van der Waals surface area contributed by atoms with Crippen molar-refractivity contribution in [1.82, 2.24) is 9.97 Å². The van der Waals surface area contributed by atoms with Crippen LogP contribution in [-0.2, 0) is 0 Å². The molecule has 3 rings (SSSR count). The van der Waals surface area contributed by atoms with Crippen LogP contribution in [0.15, 0.2) is 6.20 Å². The van der Waals surface area contributed by atoms with E-state index in [1.807, 2.05) is 20.0 Å². The molecule has 1 N–H and O–H groups in total. The van der Waals surface area contributed by atoms with E-state index in [-0.39, 0.29) is 0 Å². The lowest BCUT2D eigenvalue weighted by Crippen LogP contribution is -2.46. The summed E-state index contributed by atoms with van der Waals surface area (Å²) < 4.78 is 0. The van der Waals surface area contributed by atoms with Crippen molar-refractivity contribution in [3.05, 3.63) is 17.6 Å². The second kappa shape index (κ2) is 3.94. The summed E-state index contributed by atoms with van der Waals surface area (Å²) in [6.07, 6.45) is 5.97. The molecule has 3 heteroatoms. The first kappa shape index (κ1) is 12.9. The van der Waals surface area contributed by atoms with Crippen molar-refractivity contribution in [3.8, 4) is 0 Å². The van der Waals surface area contributed by atoms with Gasteiger partial charge >= 0.3 is 0 Å². The number of fused-ring (bicyclic) bond motifs is 2. The Balaban J connectivity index is 1.88. The standard InChI is InChI=1S/C16H25N3/c1-10-11(2)18-13(9-17-10)19-14-15(3,4)12-6-7-16(14,5)8-12/h9,12,14H,6-8H2,1-5H3,(H,18,19). The van der Waals surface area contributed by atoms with Gasteiger partial charge in [-0.3, -0.25) is 4.98 Å². The monoisotopic (exact) mass is 259 g/mol. The summed E-state index contributed by atoms with van der Waals surface area (Å²) in [6.45, 7) is 11.3. The third-order valence-corrected chi connectivity index (χ3v) is 5.75. The van der Waals surface area contributed by atoms with Gasteiger partial charge in [0.15, 0.2) is 0 Å². The third-order valence-electron chi connectivity index (χ3n) is 5.75. The minimum Gasteiger partial charge on any atom is -0.365 e. The number of nitrogens with one attached hydrogen (secondary N) is 1. The Labute approximate surface area is 116 Å². The van der Waals surface area contributed by atoms with Crippen LogP contribution in [0.2, 0.25) is 0 Å². The molecule has 2 aliphatic carbocycles. The highest BCUT2D eigenvalue weighted by molar-refractivity contribution is 5.38. The van der Waals surface area contributed by atoms with E-state index in [0.29, 0.717) is 16.9 Å². The number of hydrogen-bond donors (Lipinski definition) is 1. The van der Waals surface area contributed by atoms with Crippen molar-refractivity contribution >= 4 is 5.82 Å². The summed E-state index contributed by atoms with van der Waals surface area (Å²) in [5.74, 6) is 1.80. The molecule has 3 atom stereocenters. The zero-order valence-corrected chi connectivity index (χ0v) is 12.7. The molecule has 1 aromatic heterocycles. The Hall–Kier alpha value is -1.12. The maximum atomic E-state index is 4.64. The summed E-state index contributed by atoms with van der Waals surface area (Å²) in [5, 5.41) is 3.70. The van der Waals surface area contributed by atoms with Crippen molar-refractivity contribution in [2.45, 2.75) is 59.9 Å². The first-order valence-electron chi connectivity index (χ1n) is 7.40. The van der Waals surface area contributed by atoms with Crippen LogP contribution in [0, 0.1) is 30.6 Å². The van der Waals surface area contributed by atoms with Gasteiger partial charge in [-0.25, -0.2) is 4.98 Å². The van der Waals surface area contributed by atoms with E-state index >= 15 is 0 Å². The fourth-order valence-corrected chi connectivity index (χ4v) is 4.42. The number of hydrogen-bond acceptors (Lipinski definition) is 3. The number of nitrogens with zero attached hydrogens (tertiary/aromatic N) is 2. The molecule has 104 valence electrons. The Morgan fingerprint density at radius 2 is 1.95 bits per heavy atom. The van der Waals surface area contributed by atoms with Gasteiger partial charge in [0.2, 0.25) is 0 Å². The summed E-state index contributed by atoms with van der Waals surface area (Å²) in [7, 11) is 0. The molecule has 2 bridgehead atoms.